The van der Waals surface area contributed by atoms with Crippen molar-refractivity contribution in [2.24, 2.45) is 0 Å². The number of benzene rings is 2. The highest BCUT2D eigenvalue weighted by Crippen LogP contribution is 2.29. The molecule has 0 aliphatic carbocycles. The first-order chi connectivity index (χ1) is 12.5. The molecule has 4 heteroatoms. The quantitative estimate of drug-likeness (QED) is 0.585. The van der Waals surface area contributed by atoms with Crippen LogP contribution in [0.2, 0.25) is 0 Å². The molecule has 26 heavy (non-hydrogen) atoms. The molecule has 0 saturated heterocycles. The van der Waals surface area contributed by atoms with Gasteiger partial charge in [-0.3, -0.25) is 4.79 Å². The van der Waals surface area contributed by atoms with Gasteiger partial charge < -0.3 is 9.40 Å². The molecule has 4 rings (SSSR count). The van der Waals surface area contributed by atoms with Crippen LogP contribution in [0.3, 0.4) is 0 Å². The van der Waals surface area contributed by atoms with Crippen LogP contribution in [0.4, 0.5) is 0 Å². The normalized spacial score (nSPS) is 11.0. The molecule has 4 aromatic rings. The van der Waals surface area contributed by atoms with Crippen molar-refractivity contribution in [3.63, 3.8) is 0 Å². The maximum atomic E-state index is 12.8. The number of aryl methyl sites for hydroxylation is 2. The third-order valence-electron chi connectivity index (χ3n) is 4.45. The van der Waals surface area contributed by atoms with Crippen molar-refractivity contribution in [3.8, 4) is 22.5 Å². The number of aromatic amines is 1. The average molecular weight is 343 g/mol. The molecule has 0 atom stereocenters. The monoisotopic (exact) mass is 343 g/mol. The van der Waals surface area contributed by atoms with Gasteiger partial charge in [0.2, 0.25) is 0 Å². The minimum Gasteiger partial charge on any atom is -0.422 e. The summed E-state index contributed by atoms with van der Waals surface area (Å²) in [6, 6.07) is 16.9. The Balaban J connectivity index is 2.03. The second kappa shape index (κ2) is 6.15. The topological polar surface area (TPSA) is 63.1 Å². The van der Waals surface area contributed by atoms with Crippen LogP contribution >= 0.6 is 0 Å². The molecule has 128 valence electrons. The minimum atomic E-state index is -0.448. The number of pyridine rings is 1. The van der Waals surface area contributed by atoms with E-state index in [1.54, 1.807) is 18.3 Å². The van der Waals surface area contributed by atoms with E-state index in [1.807, 2.05) is 56.3 Å². The third kappa shape index (κ3) is 2.75. The van der Waals surface area contributed by atoms with Gasteiger partial charge in [-0.2, -0.15) is 0 Å². The van der Waals surface area contributed by atoms with Crippen LogP contribution in [0.15, 0.2) is 74.8 Å². The fourth-order valence-corrected chi connectivity index (χ4v) is 3.18. The number of fused-ring (bicyclic) bond motifs is 1. The highest BCUT2D eigenvalue weighted by atomic mass is 16.4. The highest BCUT2D eigenvalue weighted by molar-refractivity contribution is 5.97. The number of hydrogen-bond donors (Lipinski definition) is 1. The van der Waals surface area contributed by atoms with Gasteiger partial charge in [0.05, 0.1) is 5.39 Å². The molecule has 0 unspecified atom stereocenters. The molecule has 0 aliphatic heterocycles. The Morgan fingerprint density at radius 3 is 2.35 bits per heavy atom. The summed E-state index contributed by atoms with van der Waals surface area (Å²) in [5.74, 6) is 0.515. The molecule has 0 spiro atoms. The molecule has 2 heterocycles. The number of H-pyrrole nitrogens is 1. The molecule has 2 aromatic heterocycles. The first kappa shape index (κ1) is 16.1. The van der Waals surface area contributed by atoms with Crippen molar-refractivity contribution < 1.29 is 4.42 Å². The predicted octanol–water partition coefficient (Wildman–Crippen LogP) is 4.43. The fourth-order valence-electron chi connectivity index (χ4n) is 3.18. The van der Waals surface area contributed by atoms with E-state index in [2.05, 4.69) is 4.98 Å². The number of rotatable bonds is 2. The van der Waals surface area contributed by atoms with E-state index in [9.17, 15) is 9.59 Å². The van der Waals surface area contributed by atoms with Crippen LogP contribution in [0.1, 0.15) is 11.1 Å². The van der Waals surface area contributed by atoms with Crippen molar-refractivity contribution >= 4 is 10.8 Å². The first-order valence-electron chi connectivity index (χ1n) is 8.36. The van der Waals surface area contributed by atoms with Crippen LogP contribution in [0.25, 0.3) is 33.2 Å². The molecule has 0 bridgehead atoms. The van der Waals surface area contributed by atoms with Crippen molar-refractivity contribution in [1.29, 1.82) is 0 Å². The standard InChI is InChI=1S/C22H17NO3/c1-13-5-7-15(8-6-13)19-12-16-10-14(2)11-18(20(16)22(25)26-19)17-4-3-9-23-21(17)24/h3-12H,1-2H3,(H,23,24). The summed E-state index contributed by atoms with van der Waals surface area (Å²) in [6.07, 6.45) is 1.57. The van der Waals surface area contributed by atoms with Crippen LogP contribution in [-0.4, -0.2) is 4.98 Å². The summed E-state index contributed by atoms with van der Waals surface area (Å²) in [6.45, 7) is 3.95. The van der Waals surface area contributed by atoms with Crippen molar-refractivity contribution in [1.82, 2.24) is 4.98 Å². The molecule has 0 radical (unpaired) electrons. The third-order valence-corrected chi connectivity index (χ3v) is 4.45. The smallest absolute Gasteiger partial charge is 0.344 e. The van der Waals surface area contributed by atoms with Gasteiger partial charge in [0, 0.05) is 22.9 Å². The molecule has 0 aliphatic rings. The lowest BCUT2D eigenvalue weighted by Crippen LogP contribution is -2.10. The number of aromatic nitrogens is 1. The van der Waals surface area contributed by atoms with Gasteiger partial charge in [0.15, 0.2) is 0 Å². The Morgan fingerprint density at radius 1 is 0.846 bits per heavy atom. The van der Waals surface area contributed by atoms with Gasteiger partial charge in [0.1, 0.15) is 5.76 Å². The Hall–Kier alpha value is -3.40. The molecule has 4 nitrogen and oxygen atoms in total. The fraction of sp³-hybridized carbons (Fsp3) is 0.0909. The van der Waals surface area contributed by atoms with Gasteiger partial charge in [-0.25, -0.2) is 4.79 Å². The number of nitrogens with one attached hydrogen (secondary N) is 1. The van der Waals surface area contributed by atoms with E-state index in [0.29, 0.717) is 22.3 Å². The summed E-state index contributed by atoms with van der Waals surface area (Å²) in [5.41, 5.74) is 3.31. The lowest BCUT2D eigenvalue weighted by Gasteiger charge is -2.09. The van der Waals surface area contributed by atoms with Crippen LogP contribution in [0, 0.1) is 13.8 Å². The maximum absolute atomic E-state index is 12.8. The Bertz CT molecular complexity index is 1230. The summed E-state index contributed by atoms with van der Waals surface area (Å²) < 4.78 is 5.59. The van der Waals surface area contributed by atoms with E-state index in [1.165, 1.54) is 0 Å². The highest BCUT2D eigenvalue weighted by Gasteiger charge is 2.14. The summed E-state index contributed by atoms with van der Waals surface area (Å²) >= 11 is 0. The Kier molecular flexibility index (Phi) is 3.81. The average Bonchev–Trinajstić information content (AvgIpc) is 2.61. The lowest BCUT2D eigenvalue weighted by molar-refractivity contribution is 0.535. The predicted molar refractivity (Wildman–Crippen MR) is 103 cm³/mol. The Morgan fingerprint density at radius 2 is 1.62 bits per heavy atom. The van der Waals surface area contributed by atoms with Gasteiger partial charge in [-0.05, 0) is 43.0 Å². The molecular weight excluding hydrogens is 326 g/mol. The van der Waals surface area contributed by atoms with Crippen molar-refractivity contribution in [2.75, 3.05) is 0 Å². The summed E-state index contributed by atoms with van der Waals surface area (Å²) in [5, 5.41) is 1.18. The van der Waals surface area contributed by atoms with E-state index in [0.717, 1.165) is 22.1 Å². The van der Waals surface area contributed by atoms with Crippen molar-refractivity contribution in [3.05, 3.63) is 92.7 Å². The van der Waals surface area contributed by atoms with Crippen LogP contribution in [0.5, 0.6) is 0 Å². The van der Waals surface area contributed by atoms with E-state index in [-0.39, 0.29) is 5.56 Å². The molecular formula is C22H17NO3. The van der Waals surface area contributed by atoms with E-state index >= 15 is 0 Å². The molecule has 0 saturated carbocycles. The maximum Gasteiger partial charge on any atom is 0.344 e. The lowest BCUT2D eigenvalue weighted by atomic mass is 9.97. The van der Waals surface area contributed by atoms with Crippen LogP contribution in [-0.2, 0) is 0 Å². The zero-order valence-electron chi connectivity index (χ0n) is 14.5. The van der Waals surface area contributed by atoms with Gasteiger partial charge in [-0.15, -0.1) is 0 Å². The van der Waals surface area contributed by atoms with Gasteiger partial charge in [-0.1, -0.05) is 42.0 Å². The van der Waals surface area contributed by atoms with E-state index < -0.39 is 5.63 Å². The van der Waals surface area contributed by atoms with Gasteiger partial charge in [0.25, 0.3) is 5.56 Å². The SMILES string of the molecule is Cc1ccc(-c2cc3cc(C)cc(-c4ccc[nH]c4=O)c3c(=O)o2)cc1. The zero-order valence-corrected chi connectivity index (χ0v) is 14.5. The number of hydrogen-bond acceptors (Lipinski definition) is 3. The first-order valence-corrected chi connectivity index (χ1v) is 8.36. The van der Waals surface area contributed by atoms with Crippen molar-refractivity contribution in [2.45, 2.75) is 13.8 Å². The summed E-state index contributed by atoms with van der Waals surface area (Å²) in [4.78, 5) is 27.7. The Labute approximate surface area is 149 Å². The molecule has 2 aromatic carbocycles. The second-order valence-corrected chi connectivity index (χ2v) is 6.45. The van der Waals surface area contributed by atoms with Crippen LogP contribution < -0.4 is 11.2 Å². The minimum absolute atomic E-state index is 0.235. The second-order valence-electron chi connectivity index (χ2n) is 6.45. The molecule has 0 amide bonds. The molecule has 1 N–H and O–H groups in total. The van der Waals surface area contributed by atoms with Gasteiger partial charge >= 0.3 is 5.63 Å². The zero-order chi connectivity index (χ0) is 18.3. The van der Waals surface area contributed by atoms with E-state index in [4.69, 9.17) is 4.42 Å². The summed E-state index contributed by atoms with van der Waals surface area (Å²) in [7, 11) is 0. The largest absolute Gasteiger partial charge is 0.422 e. The molecule has 0 fully saturated rings.